The van der Waals surface area contributed by atoms with Crippen molar-refractivity contribution in [3.63, 3.8) is 0 Å². The molecule has 0 bridgehead atoms. The number of pyridine rings is 1. The van der Waals surface area contributed by atoms with Gasteiger partial charge >= 0.3 is 0 Å². The van der Waals surface area contributed by atoms with E-state index < -0.39 is 32.7 Å². The van der Waals surface area contributed by atoms with Crippen molar-refractivity contribution in [2.24, 2.45) is 5.92 Å². The number of aromatic nitrogens is 1. The van der Waals surface area contributed by atoms with Crippen molar-refractivity contribution in [2.75, 3.05) is 5.32 Å². The van der Waals surface area contributed by atoms with Crippen LogP contribution >= 0.6 is 0 Å². The lowest BCUT2D eigenvalue weighted by molar-refractivity contribution is -0.118. The van der Waals surface area contributed by atoms with Gasteiger partial charge in [-0.3, -0.25) is 4.79 Å². The summed E-state index contributed by atoms with van der Waals surface area (Å²) in [6.07, 6.45) is 1.59. The summed E-state index contributed by atoms with van der Waals surface area (Å²) in [6.45, 7) is 5.24. The number of aryl methyl sites for hydroxylation is 1. The van der Waals surface area contributed by atoms with Crippen LogP contribution in [0.2, 0.25) is 0 Å². The van der Waals surface area contributed by atoms with Gasteiger partial charge in [0.2, 0.25) is 15.9 Å². The first-order chi connectivity index (χ1) is 11.7. The number of benzene rings is 1. The second kappa shape index (κ2) is 7.71. The number of carbonyl (C=O) groups is 1. The molecule has 0 aliphatic carbocycles. The highest BCUT2D eigenvalue weighted by Crippen LogP contribution is 2.16. The van der Waals surface area contributed by atoms with Gasteiger partial charge in [0.1, 0.15) is 22.6 Å². The van der Waals surface area contributed by atoms with E-state index in [0.29, 0.717) is 5.82 Å². The third-order valence-corrected chi connectivity index (χ3v) is 4.99. The fraction of sp³-hybridized carbons (Fsp3) is 0.294. The highest BCUT2D eigenvalue weighted by molar-refractivity contribution is 7.89. The molecule has 0 radical (unpaired) electrons. The lowest BCUT2D eigenvalue weighted by atomic mass is 10.1. The molecule has 0 aliphatic heterocycles. The number of nitrogens with one attached hydrogen (secondary N) is 2. The molecule has 0 spiro atoms. The van der Waals surface area contributed by atoms with E-state index in [-0.39, 0.29) is 5.92 Å². The van der Waals surface area contributed by atoms with Crippen LogP contribution in [0.3, 0.4) is 0 Å². The molecule has 0 aliphatic rings. The average Bonchev–Trinajstić information content (AvgIpc) is 2.54. The summed E-state index contributed by atoms with van der Waals surface area (Å²) in [7, 11) is -4.19. The number of sulfonamides is 1. The maximum absolute atomic E-state index is 13.8. The normalized spacial score (nSPS) is 12.8. The molecule has 1 atom stereocenters. The highest BCUT2D eigenvalue weighted by atomic mass is 32.2. The number of amides is 1. The number of hydrogen-bond acceptors (Lipinski definition) is 4. The quantitative estimate of drug-likeness (QED) is 0.823. The zero-order chi connectivity index (χ0) is 18.6. The fourth-order valence-corrected chi connectivity index (χ4v) is 3.55. The number of nitrogens with zero attached hydrogens (tertiary/aromatic N) is 1. The minimum atomic E-state index is -4.19. The molecule has 1 aromatic heterocycles. The molecular formula is C17H20FN3O3S. The second-order valence-corrected chi connectivity index (χ2v) is 7.67. The summed E-state index contributed by atoms with van der Waals surface area (Å²) in [5, 5.41) is 2.57. The summed E-state index contributed by atoms with van der Waals surface area (Å²) in [5.41, 5.74) is 0.929. The van der Waals surface area contributed by atoms with Crippen molar-refractivity contribution in [3.05, 3.63) is 54.0 Å². The van der Waals surface area contributed by atoms with Gasteiger partial charge in [-0.1, -0.05) is 32.0 Å². The van der Waals surface area contributed by atoms with E-state index >= 15 is 0 Å². The first-order valence-electron chi connectivity index (χ1n) is 7.71. The number of halogens is 1. The van der Waals surface area contributed by atoms with Crippen LogP contribution < -0.4 is 10.0 Å². The summed E-state index contributed by atoms with van der Waals surface area (Å²) in [4.78, 5) is 16.0. The third kappa shape index (κ3) is 4.83. The Kier molecular flexibility index (Phi) is 5.86. The van der Waals surface area contributed by atoms with Gasteiger partial charge in [0, 0.05) is 6.20 Å². The standard InChI is InChI=1S/C17H20FN3O3S/c1-11(2)16(17(22)20-15-9-8-12(3)10-19-15)21-25(23,24)14-7-5-4-6-13(14)18/h4-11,16,21H,1-3H3,(H,19,20,22)/t16-/m0/s1. The van der Waals surface area contributed by atoms with Crippen LogP contribution in [0.15, 0.2) is 47.5 Å². The van der Waals surface area contributed by atoms with E-state index in [4.69, 9.17) is 0 Å². The van der Waals surface area contributed by atoms with Crippen LogP contribution in [-0.4, -0.2) is 25.4 Å². The summed E-state index contributed by atoms with van der Waals surface area (Å²) < 4.78 is 40.9. The molecule has 1 heterocycles. The Hall–Kier alpha value is -2.32. The predicted octanol–water partition coefficient (Wildman–Crippen LogP) is 2.47. The highest BCUT2D eigenvalue weighted by Gasteiger charge is 2.30. The van der Waals surface area contributed by atoms with Crippen LogP contribution in [0.5, 0.6) is 0 Å². The van der Waals surface area contributed by atoms with Gasteiger partial charge in [0.25, 0.3) is 0 Å². The lowest BCUT2D eigenvalue weighted by Gasteiger charge is -2.21. The molecule has 0 unspecified atom stereocenters. The molecule has 134 valence electrons. The minimum absolute atomic E-state index is 0.311. The molecule has 25 heavy (non-hydrogen) atoms. The Morgan fingerprint density at radius 2 is 1.84 bits per heavy atom. The summed E-state index contributed by atoms with van der Waals surface area (Å²) in [6, 6.07) is 7.33. The Morgan fingerprint density at radius 1 is 1.16 bits per heavy atom. The minimum Gasteiger partial charge on any atom is -0.309 e. The van der Waals surface area contributed by atoms with E-state index in [1.54, 1.807) is 32.2 Å². The van der Waals surface area contributed by atoms with Crippen molar-refractivity contribution in [1.82, 2.24) is 9.71 Å². The lowest BCUT2D eigenvalue weighted by Crippen LogP contribution is -2.47. The van der Waals surface area contributed by atoms with E-state index in [1.165, 1.54) is 12.1 Å². The van der Waals surface area contributed by atoms with Crippen molar-refractivity contribution in [1.29, 1.82) is 0 Å². The van der Waals surface area contributed by atoms with E-state index in [9.17, 15) is 17.6 Å². The van der Waals surface area contributed by atoms with Crippen molar-refractivity contribution < 1.29 is 17.6 Å². The van der Waals surface area contributed by atoms with Gasteiger partial charge < -0.3 is 5.32 Å². The Bertz CT molecular complexity index is 852. The Balaban J connectivity index is 2.21. The average molecular weight is 365 g/mol. The first-order valence-corrected chi connectivity index (χ1v) is 9.19. The van der Waals surface area contributed by atoms with E-state index in [1.807, 2.05) is 6.92 Å². The number of rotatable bonds is 6. The second-order valence-electron chi connectivity index (χ2n) is 5.98. The van der Waals surface area contributed by atoms with Crippen LogP contribution in [0.4, 0.5) is 10.2 Å². The van der Waals surface area contributed by atoms with Crippen molar-refractivity contribution >= 4 is 21.7 Å². The zero-order valence-corrected chi connectivity index (χ0v) is 15.0. The smallest absolute Gasteiger partial charge is 0.244 e. The molecule has 0 fully saturated rings. The predicted molar refractivity (Wildman–Crippen MR) is 93.0 cm³/mol. The molecule has 2 N–H and O–H groups in total. The molecule has 0 saturated heterocycles. The van der Waals surface area contributed by atoms with Gasteiger partial charge in [-0.25, -0.2) is 17.8 Å². The van der Waals surface area contributed by atoms with Crippen LogP contribution in [0, 0.1) is 18.7 Å². The first kappa shape index (κ1) is 19.0. The van der Waals surface area contributed by atoms with Gasteiger partial charge in [0.05, 0.1) is 0 Å². The largest absolute Gasteiger partial charge is 0.309 e. The van der Waals surface area contributed by atoms with Gasteiger partial charge in [-0.15, -0.1) is 0 Å². The molecule has 0 saturated carbocycles. The van der Waals surface area contributed by atoms with Crippen LogP contribution in [-0.2, 0) is 14.8 Å². The Labute approximate surface area is 146 Å². The van der Waals surface area contributed by atoms with Gasteiger partial charge in [0.15, 0.2) is 0 Å². The molecule has 2 rings (SSSR count). The zero-order valence-electron chi connectivity index (χ0n) is 14.2. The van der Waals surface area contributed by atoms with Crippen LogP contribution in [0.25, 0.3) is 0 Å². The molecule has 6 nitrogen and oxygen atoms in total. The molecule has 2 aromatic rings. The molecular weight excluding hydrogens is 345 g/mol. The van der Waals surface area contributed by atoms with Crippen molar-refractivity contribution in [2.45, 2.75) is 31.7 Å². The number of hydrogen-bond donors (Lipinski definition) is 2. The van der Waals surface area contributed by atoms with Gasteiger partial charge in [-0.05, 0) is 36.6 Å². The van der Waals surface area contributed by atoms with Crippen LogP contribution in [0.1, 0.15) is 19.4 Å². The topological polar surface area (TPSA) is 88.2 Å². The summed E-state index contributed by atoms with van der Waals surface area (Å²) >= 11 is 0. The molecule has 1 amide bonds. The number of carbonyl (C=O) groups excluding carboxylic acids is 1. The maximum Gasteiger partial charge on any atom is 0.244 e. The monoisotopic (exact) mass is 365 g/mol. The van der Waals surface area contributed by atoms with Crippen molar-refractivity contribution in [3.8, 4) is 0 Å². The fourth-order valence-electron chi connectivity index (χ4n) is 2.13. The van der Waals surface area contributed by atoms with Gasteiger partial charge in [-0.2, -0.15) is 4.72 Å². The van der Waals surface area contributed by atoms with E-state index in [0.717, 1.165) is 17.7 Å². The summed E-state index contributed by atoms with van der Waals surface area (Å²) in [5.74, 6) is -1.48. The molecule has 8 heteroatoms. The maximum atomic E-state index is 13.8. The Morgan fingerprint density at radius 3 is 2.40 bits per heavy atom. The molecule has 1 aromatic carbocycles. The van der Waals surface area contributed by atoms with E-state index in [2.05, 4.69) is 15.0 Å². The SMILES string of the molecule is Cc1ccc(NC(=O)[C@@H](NS(=O)(=O)c2ccccc2F)C(C)C)nc1. The third-order valence-electron chi connectivity index (χ3n) is 3.52. The number of anilines is 1.